The molecule has 3 aromatic rings. The molecule has 4 amide bonds. The summed E-state index contributed by atoms with van der Waals surface area (Å²) in [6, 6.07) is 3.74. The number of thiophene rings is 1. The van der Waals surface area contributed by atoms with Crippen LogP contribution in [0, 0.1) is 11.3 Å². The van der Waals surface area contributed by atoms with Crippen LogP contribution >= 0.6 is 11.3 Å². The Labute approximate surface area is 330 Å². The number of unbranched alkanes of at least 4 members (excludes halogenated alkanes) is 1. The van der Waals surface area contributed by atoms with E-state index in [0.717, 1.165) is 33.0 Å². The topological polar surface area (TPSA) is 182 Å². The molecule has 2 saturated carbocycles. The van der Waals surface area contributed by atoms with Gasteiger partial charge in [-0.1, -0.05) is 51.8 Å². The van der Waals surface area contributed by atoms with E-state index in [1.54, 1.807) is 7.11 Å². The minimum atomic E-state index is -3.90. The van der Waals surface area contributed by atoms with Crippen LogP contribution < -0.4 is 24.8 Å². The van der Waals surface area contributed by atoms with Gasteiger partial charge in [0.25, 0.3) is 5.91 Å². The maximum Gasteiger partial charge on any atom is 0.407 e. The second kappa shape index (κ2) is 15.3. The van der Waals surface area contributed by atoms with Gasteiger partial charge in [0, 0.05) is 39.5 Å². The number of carbonyl (C=O) groups is 4. The van der Waals surface area contributed by atoms with Gasteiger partial charge >= 0.3 is 6.09 Å². The van der Waals surface area contributed by atoms with Crippen LogP contribution in [0.2, 0.25) is 0 Å². The quantitative estimate of drug-likeness (QED) is 0.230. The SMILES string of the molecule is C=C[C@@H]1C[C@]1(NC(=O)[C@@H]1C[C@@H]2CN1C(=O)[C@H](CCCC)NC(=O)OCC(C)(C)C/C=C/c1cc3c(nc4sccc4c3cc1OC)O2)C(=O)NS(=O)(=O)C1CC1. The van der Waals surface area contributed by atoms with Crippen LogP contribution in [0.3, 0.4) is 0 Å². The summed E-state index contributed by atoms with van der Waals surface area (Å²) < 4.78 is 45.8. The van der Waals surface area contributed by atoms with Gasteiger partial charge in [-0.25, -0.2) is 18.2 Å². The van der Waals surface area contributed by atoms with E-state index in [9.17, 15) is 27.6 Å². The Bertz CT molecular complexity index is 2220. The number of cyclic esters (lactones) is 1. The minimum absolute atomic E-state index is 0.0298. The largest absolute Gasteiger partial charge is 0.496 e. The predicted octanol–water partition coefficient (Wildman–Crippen LogP) is 5.20. The van der Waals surface area contributed by atoms with Gasteiger partial charge in [-0.05, 0) is 55.7 Å². The Morgan fingerprint density at radius 2 is 1.98 bits per heavy atom. The van der Waals surface area contributed by atoms with Gasteiger partial charge in [0.15, 0.2) is 0 Å². The zero-order chi connectivity index (χ0) is 40.0. The molecule has 14 nitrogen and oxygen atoms in total. The second-order valence-corrected chi connectivity index (χ2v) is 18.9. The van der Waals surface area contributed by atoms with Crippen molar-refractivity contribution in [3.63, 3.8) is 0 Å². The monoisotopic (exact) mass is 807 g/mol. The third-order valence-corrected chi connectivity index (χ3v) is 13.7. The third-order valence-electron chi connectivity index (χ3n) is 11.1. The van der Waals surface area contributed by atoms with Crippen molar-refractivity contribution >= 4 is 72.2 Å². The highest BCUT2D eigenvalue weighted by Gasteiger charge is 2.62. The number of nitrogens with one attached hydrogen (secondary N) is 3. The highest BCUT2D eigenvalue weighted by atomic mass is 32.2. The average Bonchev–Trinajstić information content (AvgIpc) is 4.05. The molecule has 4 bridgehead atoms. The van der Waals surface area contributed by atoms with E-state index < -0.39 is 74.1 Å². The number of hydrogen-bond acceptors (Lipinski definition) is 11. The summed E-state index contributed by atoms with van der Waals surface area (Å²) in [4.78, 5) is 62.8. The Morgan fingerprint density at radius 1 is 1.20 bits per heavy atom. The van der Waals surface area contributed by atoms with Crippen molar-refractivity contribution in [2.75, 3.05) is 20.3 Å². The van der Waals surface area contributed by atoms with E-state index in [0.29, 0.717) is 43.7 Å². The maximum absolute atomic E-state index is 14.5. The molecule has 0 spiro atoms. The fraction of sp³-hybridized carbons (Fsp3) is 0.525. The van der Waals surface area contributed by atoms with E-state index in [1.165, 1.54) is 22.3 Å². The van der Waals surface area contributed by atoms with Crippen molar-refractivity contribution in [3.8, 4) is 11.6 Å². The van der Waals surface area contributed by atoms with Gasteiger partial charge in [-0.2, -0.15) is 0 Å². The molecule has 5 atom stereocenters. The predicted molar refractivity (Wildman–Crippen MR) is 213 cm³/mol. The molecule has 2 aliphatic carbocycles. The molecule has 7 rings (SSSR count). The summed E-state index contributed by atoms with van der Waals surface area (Å²) in [6.07, 6.45) is 7.30. The van der Waals surface area contributed by atoms with Crippen LogP contribution in [0.15, 0.2) is 42.3 Å². The number of sulfonamides is 1. The number of alkyl carbamates (subject to hydrolysis) is 1. The first-order valence-corrected chi connectivity index (χ1v) is 21.6. The van der Waals surface area contributed by atoms with Crippen LogP contribution in [-0.4, -0.2) is 91.4 Å². The number of aromatic nitrogens is 1. The number of hydrogen-bond donors (Lipinski definition) is 3. The van der Waals surface area contributed by atoms with Crippen LogP contribution in [-0.2, 0) is 29.1 Å². The van der Waals surface area contributed by atoms with Crippen molar-refractivity contribution in [3.05, 3.63) is 47.9 Å². The first-order valence-electron chi connectivity index (χ1n) is 19.1. The number of benzene rings is 1. The first-order chi connectivity index (χ1) is 26.7. The zero-order valence-electron chi connectivity index (χ0n) is 32.1. The van der Waals surface area contributed by atoms with Crippen LogP contribution in [0.5, 0.6) is 11.6 Å². The second-order valence-electron chi connectivity index (χ2n) is 16.0. The molecule has 0 unspecified atom stereocenters. The van der Waals surface area contributed by atoms with Crippen LogP contribution in [0.4, 0.5) is 4.79 Å². The van der Waals surface area contributed by atoms with E-state index in [2.05, 4.69) is 21.9 Å². The molecule has 300 valence electrons. The zero-order valence-corrected chi connectivity index (χ0v) is 33.7. The highest BCUT2D eigenvalue weighted by molar-refractivity contribution is 7.91. The van der Waals surface area contributed by atoms with Gasteiger partial charge in [0.05, 0.1) is 25.5 Å². The number of carbonyl (C=O) groups excluding carboxylic acids is 4. The molecule has 1 aromatic carbocycles. The standard InChI is InChI=1S/C40H49N5O9S2/c1-6-8-11-30-36(47)45-21-25(18-31(45)33(46)43-40(20-24(40)7-2)37(48)44-56(50,51)26-12-13-26)54-34-29-17-23(10-9-15-39(3,4)22-53-38(49)41-30)32(52-5)19-28(29)27-14-16-55-35(27)42-34/h7,9-10,14,16-17,19,24-26,30-31H,2,6,8,11-13,15,18,20-22H2,1,3-5H3,(H,41,49)(H,43,46)(H,44,48)/b10-9+/t24-,25-,30+,31+,40-/m1/s1. The molecule has 2 aliphatic heterocycles. The summed E-state index contributed by atoms with van der Waals surface area (Å²) in [6.45, 7) is 9.76. The molecule has 1 saturated heterocycles. The minimum Gasteiger partial charge on any atom is -0.496 e. The molecule has 0 radical (unpaired) electrons. The lowest BCUT2D eigenvalue weighted by Gasteiger charge is -2.30. The number of rotatable bonds is 10. The third kappa shape index (κ3) is 7.95. The van der Waals surface area contributed by atoms with Crippen molar-refractivity contribution in [1.29, 1.82) is 0 Å². The van der Waals surface area contributed by atoms with Gasteiger partial charge in [0.2, 0.25) is 27.7 Å². The van der Waals surface area contributed by atoms with Crippen LogP contribution in [0.1, 0.15) is 77.7 Å². The molecular formula is C40H49N5O9S2. The van der Waals surface area contributed by atoms with Crippen molar-refractivity contribution < 1.29 is 41.8 Å². The summed E-state index contributed by atoms with van der Waals surface area (Å²) in [5, 5.41) is 9.40. The van der Waals surface area contributed by atoms with Gasteiger partial charge < -0.3 is 29.7 Å². The maximum atomic E-state index is 14.5. The molecule has 56 heavy (non-hydrogen) atoms. The molecule has 4 aliphatic rings. The molecule has 3 fully saturated rings. The van der Waals surface area contributed by atoms with Gasteiger partial charge in [-0.15, -0.1) is 17.9 Å². The number of methoxy groups -OCH3 is 1. The number of pyridine rings is 1. The Morgan fingerprint density at radius 3 is 2.68 bits per heavy atom. The lowest BCUT2D eigenvalue weighted by molar-refractivity contribution is -0.141. The summed E-state index contributed by atoms with van der Waals surface area (Å²) >= 11 is 1.46. The summed E-state index contributed by atoms with van der Waals surface area (Å²) in [7, 11) is -2.29. The average molecular weight is 808 g/mol. The van der Waals surface area contributed by atoms with Crippen molar-refractivity contribution in [2.24, 2.45) is 11.3 Å². The van der Waals surface area contributed by atoms with E-state index in [1.807, 2.05) is 56.5 Å². The highest BCUT2D eigenvalue weighted by Crippen LogP contribution is 2.46. The lowest BCUT2D eigenvalue weighted by Crippen LogP contribution is -2.58. The van der Waals surface area contributed by atoms with Crippen molar-refractivity contribution in [1.82, 2.24) is 25.2 Å². The number of fused-ring (bicyclic) bond motifs is 5. The molecular weight excluding hydrogens is 759 g/mol. The fourth-order valence-corrected chi connectivity index (χ4v) is 9.70. The van der Waals surface area contributed by atoms with Crippen LogP contribution in [0.25, 0.3) is 27.1 Å². The van der Waals surface area contributed by atoms with E-state index in [-0.39, 0.29) is 26.0 Å². The lowest BCUT2D eigenvalue weighted by atomic mass is 9.90. The first kappa shape index (κ1) is 39.5. The fourth-order valence-electron chi connectivity index (χ4n) is 7.56. The number of amides is 4. The Balaban J connectivity index is 1.27. The molecule has 2 aromatic heterocycles. The van der Waals surface area contributed by atoms with E-state index in [4.69, 9.17) is 19.2 Å². The number of nitrogens with zero attached hydrogens (tertiary/aromatic N) is 2. The smallest absolute Gasteiger partial charge is 0.407 e. The summed E-state index contributed by atoms with van der Waals surface area (Å²) in [5.74, 6) is -1.54. The Hall–Kier alpha value is -4.70. The Kier molecular flexibility index (Phi) is 10.8. The summed E-state index contributed by atoms with van der Waals surface area (Å²) in [5.41, 5.74) is -1.23. The van der Waals surface area contributed by atoms with E-state index >= 15 is 0 Å². The number of ether oxygens (including phenoxy) is 3. The molecule has 16 heteroatoms. The molecule has 4 heterocycles. The van der Waals surface area contributed by atoms with Crippen molar-refractivity contribution in [2.45, 2.75) is 101 Å². The van der Waals surface area contributed by atoms with Gasteiger partial charge in [0.1, 0.15) is 34.3 Å². The number of allylic oxidation sites excluding steroid dienone is 1. The normalized spacial score (nSPS) is 27.0. The molecule has 3 N–H and O–H groups in total. The van der Waals surface area contributed by atoms with Gasteiger partial charge in [-0.3, -0.25) is 19.1 Å².